The van der Waals surface area contributed by atoms with Crippen molar-refractivity contribution < 1.29 is 13.9 Å². The van der Waals surface area contributed by atoms with Crippen LogP contribution in [0.5, 0.6) is 0 Å². The number of cyclic esters (lactones) is 1. The summed E-state index contributed by atoms with van der Waals surface area (Å²) in [6.45, 7) is 0.980. The minimum Gasteiger partial charge on any atom is -0.444 e. The number of carbonyl (C=O) groups is 1. The maximum atomic E-state index is 11.3. The van der Waals surface area contributed by atoms with E-state index in [1.165, 1.54) is 17.5 Å². The molecule has 1 aromatic rings. The second kappa shape index (κ2) is 3.67. The maximum absolute atomic E-state index is 11.3. The molecule has 1 saturated heterocycles. The number of ether oxygens (including phenoxy) is 1. The van der Waals surface area contributed by atoms with E-state index in [1.54, 1.807) is 0 Å². The number of aromatic nitrogens is 1. The summed E-state index contributed by atoms with van der Waals surface area (Å²) in [5, 5.41) is 0. The smallest absolute Gasteiger partial charge is 0.417 e. The predicted molar refractivity (Wildman–Crippen MR) is 47.8 cm³/mol. The lowest BCUT2D eigenvalue weighted by Crippen LogP contribution is -2.24. The minimum absolute atomic E-state index is 0.141. The van der Waals surface area contributed by atoms with Crippen LogP contribution in [0.3, 0.4) is 0 Å². The van der Waals surface area contributed by atoms with Gasteiger partial charge in [0.15, 0.2) is 6.39 Å². The van der Waals surface area contributed by atoms with Crippen molar-refractivity contribution >= 4 is 12.0 Å². The highest BCUT2D eigenvalue weighted by molar-refractivity contribution is 5.87. The highest BCUT2D eigenvalue weighted by Gasteiger charge is 2.33. The number of rotatable bonds is 3. The van der Waals surface area contributed by atoms with Crippen molar-refractivity contribution in [2.75, 3.05) is 18.0 Å². The average molecular weight is 197 g/mol. The molecule has 0 saturated carbocycles. The van der Waals surface area contributed by atoms with Gasteiger partial charge in [0.2, 0.25) is 5.88 Å². The lowest BCUT2D eigenvalue weighted by molar-refractivity contribution is 0.138. The topological polar surface area (TPSA) is 81.6 Å². The van der Waals surface area contributed by atoms with Gasteiger partial charge in [0.1, 0.15) is 6.10 Å². The summed E-state index contributed by atoms with van der Waals surface area (Å²) in [6, 6.07) is 0. The van der Waals surface area contributed by atoms with Crippen LogP contribution in [0.4, 0.5) is 10.7 Å². The van der Waals surface area contributed by atoms with E-state index in [0.717, 1.165) is 0 Å². The molecule has 1 aromatic heterocycles. The van der Waals surface area contributed by atoms with Crippen molar-refractivity contribution in [1.82, 2.24) is 4.98 Å². The van der Waals surface area contributed by atoms with Gasteiger partial charge >= 0.3 is 6.09 Å². The third-order valence-corrected chi connectivity index (χ3v) is 2.05. The summed E-state index contributed by atoms with van der Waals surface area (Å²) < 4.78 is 10.1. The van der Waals surface area contributed by atoms with E-state index < -0.39 is 6.09 Å². The molecule has 2 heterocycles. The Kier molecular flexibility index (Phi) is 2.36. The van der Waals surface area contributed by atoms with Crippen LogP contribution in [-0.2, 0) is 4.74 Å². The number of nitrogens with two attached hydrogens (primary N) is 1. The second-order valence-corrected chi connectivity index (χ2v) is 3.03. The van der Waals surface area contributed by atoms with Crippen LogP contribution in [0.2, 0.25) is 0 Å². The number of anilines is 1. The molecule has 6 heteroatoms. The first-order valence-electron chi connectivity index (χ1n) is 4.38. The zero-order chi connectivity index (χ0) is 9.97. The van der Waals surface area contributed by atoms with Crippen LogP contribution in [0.25, 0.3) is 0 Å². The second-order valence-electron chi connectivity index (χ2n) is 3.03. The van der Waals surface area contributed by atoms with Gasteiger partial charge in [-0.3, -0.25) is 0 Å². The van der Waals surface area contributed by atoms with Crippen molar-refractivity contribution in [3.63, 3.8) is 0 Å². The fourth-order valence-electron chi connectivity index (χ4n) is 1.38. The lowest BCUT2D eigenvalue weighted by atomic mass is 10.2. The van der Waals surface area contributed by atoms with Gasteiger partial charge in [-0.1, -0.05) is 0 Å². The van der Waals surface area contributed by atoms with Gasteiger partial charge in [-0.15, -0.1) is 0 Å². The summed E-state index contributed by atoms with van der Waals surface area (Å²) in [7, 11) is 0. The monoisotopic (exact) mass is 197 g/mol. The van der Waals surface area contributed by atoms with Crippen LogP contribution in [0.15, 0.2) is 17.0 Å². The van der Waals surface area contributed by atoms with Gasteiger partial charge in [-0.25, -0.2) is 14.7 Å². The van der Waals surface area contributed by atoms with E-state index >= 15 is 0 Å². The van der Waals surface area contributed by atoms with Crippen molar-refractivity contribution in [2.24, 2.45) is 5.73 Å². The Morgan fingerprint density at radius 2 is 2.57 bits per heavy atom. The minimum atomic E-state index is -0.403. The first-order valence-corrected chi connectivity index (χ1v) is 4.38. The molecule has 1 aliphatic heterocycles. The molecule has 1 aliphatic rings. The Bertz CT molecular complexity index is 312. The van der Waals surface area contributed by atoms with Gasteiger partial charge < -0.3 is 14.9 Å². The Labute approximate surface area is 80.6 Å². The van der Waals surface area contributed by atoms with E-state index in [9.17, 15) is 4.79 Å². The SMILES string of the molecule is NCCC1CN(c2cnco2)C(=O)O1. The van der Waals surface area contributed by atoms with Crippen LogP contribution >= 0.6 is 0 Å². The molecule has 2 N–H and O–H groups in total. The molecule has 0 aliphatic carbocycles. The quantitative estimate of drug-likeness (QED) is 0.756. The largest absolute Gasteiger partial charge is 0.444 e. The van der Waals surface area contributed by atoms with Gasteiger partial charge in [0.25, 0.3) is 0 Å². The van der Waals surface area contributed by atoms with E-state index in [-0.39, 0.29) is 6.10 Å². The molecular weight excluding hydrogens is 186 g/mol. The third kappa shape index (κ3) is 1.56. The lowest BCUT2D eigenvalue weighted by Gasteiger charge is -2.06. The van der Waals surface area contributed by atoms with Crippen LogP contribution in [0.1, 0.15) is 6.42 Å². The fourth-order valence-corrected chi connectivity index (χ4v) is 1.38. The Morgan fingerprint density at radius 3 is 3.21 bits per heavy atom. The highest BCUT2D eigenvalue weighted by atomic mass is 16.6. The molecule has 1 unspecified atom stereocenters. The normalized spacial score (nSPS) is 21.4. The highest BCUT2D eigenvalue weighted by Crippen LogP contribution is 2.21. The summed E-state index contributed by atoms with van der Waals surface area (Å²) in [4.78, 5) is 16.5. The Hall–Kier alpha value is -1.56. The average Bonchev–Trinajstić information content (AvgIpc) is 2.74. The molecule has 0 aromatic carbocycles. The number of carbonyl (C=O) groups excluding carboxylic acids is 1. The fraction of sp³-hybridized carbons (Fsp3) is 0.500. The number of amides is 1. The molecule has 1 amide bonds. The van der Waals surface area contributed by atoms with Crippen LogP contribution < -0.4 is 10.6 Å². The molecular formula is C8H11N3O3. The molecule has 0 bridgehead atoms. The molecule has 0 radical (unpaired) electrons. The standard InChI is InChI=1S/C8H11N3O3/c9-2-1-6-4-11(8(12)14-6)7-3-10-5-13-7/h3,5-6H,1-2,4,9H2. The molecule has 14 heavy (non-hydrogen) atoms. The van der Waals surface area contributed by atoms with E-state index in [4.69, 9.17) is 14.9 Å². The predicted octanol–water partition coefficient (Wildman–Crippen LogP) is 0.349. The number of oxazole rings is 1. The van der Waals surface area contributed by atoms with Gasteiger partial charge in [-0.05, 0) is 13.0 Å². The van der Waals surface area contributed by atoms with E-state index in [1.807, 2.05) is 0 Å². The Balaban J connectivity index is 2.05. The van der Waals surface area contributed by atoms with E-state index in [0.29, 0.717) is 25.4 Å². The number of hydrogen-bond donors (Lipinski definition) is 1. The van der Waals surface area contributed by atoms with Crippen LogP contribution in [-0.4, -0.2) is 30.3 Å². The molecule has 76 valence electrons. The first kappa shape index (κ1) is 9.01. The van der Waals surface area contributed by atoms with Gasteiger partial charge in [-0.2, -0.15) is 0 Å². The summed E-state index contributed by atoms with van der Waals surface area (Å²) in [5.41, 5.74) is 5.37. The van der Waals surface area contributed by atoms with E-state index in [2.05, 4.69) is 4.98 Å². The summed E-state index contributed by atoms with van der Waals surface area (Å²) in [6.07, 6.45) is 2.87. The summed E-state index contributed by atoms with van der Waals surface area (Å²) >= 11 is 0. The number of hydrogen-bond acceptors (Lipinski definition) is 5. The number of nitrogens with zero attached hydrogens (tertiary/aromatic N) is 2. The van der Waals surface area contributed by atoms with Crippen molar-refractivity contribution in [3.05, 3.63) is 12.6 Å². The van der Waals surface area contributed by atoms with Crippen LogP contribution in [0, 0.1) is 0 Å². The zero-order valence-electron chi connectivity index (χ0n) is 7.55. The van der Waals surface area contributed by atoms with Gasteiger partial charge in [0.05, 0.1) is 12.7 Å². The molecule has 6 nitrogen and oxygen atoms in total. The Morgan fingerprint density at radius 1 is 1.71 bits per heavy atom. The summed E-state index contributed by atoms with van der Waals surface area (Å²) in [5.74, 6) is 0.412. The molecule has 2 rings (SSSR count). The van der Waals surface area contributed by atoms with Crippen molar-refractivity contribution in [2.45, 2.75) is 12.5 Å². The molecule has 0 spiro atoms. The van der Waals surface area contributed by atoms with Crippen molar-refractivity contribution in [3.8, 4) is 0 Å². The maximum Gasteiger partial charge on any atom is 0.417 e. The molecule has 1 fully saturated rings. The van der Waals surface area contributed by atoms with Gasteiger partial charge in [0, 0.05) is 0 Å². The molecule has 1 atom stereocenters. The van der Waals surface area contributed by atoms with Crippen molar-refractivity contribution in [1.29, 1.82) is 0 Å². The first-order chi connectivity index (χ1) is 6.81. The third-order valence-electron chi connectivity index (χ3n) is 2.05. The zero-order valence-corrected chi connectivity index (χ0v) is 7.55.